The first-order valence-corrected chi connectivity index (χ1v) is 11.5. The highest BCUT2D eigenvalue weighted by atomic mass is 35.5. The quantitative estimate of drug-likeness (QED) is 0.310. The van der Waals surface area contributed by atoms with Gasteiger partial charge in [-0.05, 0) is 60.5 Å². The average Bonchev–Trinajstić information content (AvgIpc) is 2.83. The number of halogens is 3. The molecule has 0 aliphatic carbocycles. The summed E-state index contributed by atoms with van der Waals surface area (Å²) in [6, 6.07) is 14.3. The lowest BCUT2D eigenvalue weighted by Crippen LogP contribution is -2.54. The summed E-state index contributed by atoms with van der Waals surface area (Å²) in [5.74, 6) is -2.13. The van der Waals surface area contributed by atoms with E-state index in [2.05, 4.69) is 5.32 Å². The normalized spacial score (nSPS) is 14.7. The van der Waals surface area contributed by atoms with Crippen molar-refractivity contribution >= 4 is 52.8 Å². The maximum Gasteiger partial charge on any atom is 0.336 e. The standard InChI is InChI=1S/C26H19Cl2FN2O5/c1-2-35-22-13-16(12-19(28)23(22)36-14-15-7-9-17(27)10-8-15)11-18-24(32)30-26(34)31(25(18)33)21-6-4-3-5-20(21)29/h3-13H,2,14H2,1H3,(H,30,32,34)/b18-11-. The molecule has 0 bridgehead atoms. The van der Waals surface area contributed by atoms with Crippen LogP contribution in [0.3, 0.4) is 0 Å². The number of nitrogens with one attached hydrogen (secondary N) is 1. The number of carbonyl (C=O) groups excluding carboxylic acids is 3. The lowest BCUT2D eigenvalue weighted by molar-refractivity contribution is -0.122. The average molecular weight is 529 g/mol. The summed E-state index contributed by atoms with van der Waals surface area (Å²) < 4.78 is 25.8. The zero-order chi connectivity index (χ0) is 25.8. The van der Waals surface area contributed by atoms with Gasteiger partial charge in [-0.3, -0.25) is 14.9 Å². The Morgan fingerprint density at radius 3 is 2.42 bits per heavy atom. The second-order valence-electron chi connectivity index (χ2n) is 7.59. The van der Waals surface area contributed by atoms with Crippen LogP contribution >= 0.6 is 23.2 Å². The largest absolute Gasteiger partial charge is 0.490 e. The van der Waals surface area contributed by atoms with Crippen molar-refractivity contribution in [2.45, 2.75) is 13.5 Å². The molecule has 0 aromatic heterocycles. The highest BCUT2D eigenvalue weighted by molar-refractivity contribution is 6.39. The number of carbonyl (C=O) groups is 3. The maximum absolute atomic E-state index is 14.3. The molecule has 0 unspecified atom stereocenters. The molecule has 1 N–H and O–H groups in total. The van der Waals surface area contributed by atoms with Gasteiger partial charge in [0.2, 0.25) is 0 Å². The summed E-state index contributed by atoms with van der Waals surface area (Å²) in [5, 5.41) is 2.83. The van der Waals surface area contributed by atoms with E-state index in [-0.39, 0.29) is 34.4 Å². The number of barbiturate groups is 1. The smallest absolute Gasteiger partial charge is 0.336 e. The Morgan fingerprint density at radius 2 is 1.72 bits per heavy atom. The van der Waals surface area contributed by atoms with Crippen molar-refractivity contribution in [1.82, 2.24) is 5.32 Å². The molecular formula is C26H19Cl2FN2O5. The topological polar surface area (TPSA) is 84.9 Å². The van der Waals surface area contributed by atoms with E-state index in [1.807, 2.05) is 12.1 Å². The van der Waals surface area contributed by atoms with Crippen LogP contribution in [0.2, 0.25) is 10.0 Å². The third kappa shape index (κ3) is 5.35. The summed E-state index contributed by atoms with van der Waals surface area (Å²) in [5.41, 5.74) is 0.527. The Hall–Kier alpha value is -3.88. The number of anilines is 1. The van der Waals surface area contributed by atoms with Crippen LogP contribution in [-0.4, -0.2) is 24.5 Å². The Balaban J connectivity index is 1.66. The lowest BCUT2D eigenvalue weighted by Gasteiger charge is -2.26. The summed E-state index contributed by atoms with van der Waals surface area (Å²) in [4.78, 5) is 38.4. The Bertz CT molecular complexity index is 1380. The molecule has 0 saturated carbocycles. The predicted molar refractivity (Wildman–Crippen MR) is 134 cm³/mol. The first kappa shape index (κ1) is 25.2. The molecule has 0 radical (unpaired) electrons. The molecule has 0 atom stereocenters. The molecule has 3 aromatic rings. The molecule has 10 heteroatoms. The number of rotatable bonds is 7. The number of imide groups is 2. The number of hydrogen-bond acceptors (Lipinski definition) is 5. The maximum atomic E-state index is 14.3. The monoisotopic (exact) mass is 528 g/mol. The SMILES string of the molecule is CCOc1cc(/C=C2/C(=O)NC(=O)N(c3ccccc3F)C2=O)cc(Cl)c1OCc1ccc(Cl)cc1. The number of nitrogens with zero attached hydrogens (tertiary/aromatic N) is 1. The highest BCUT2D eigenvalue weighted by Crippen LogP contribution is 2.38. The zero-order valence-corrected chi connectivity index (χ0v) is 20.4. The molecule has 1 heterocycles. The van der Waals surface area contributed by atoms with Crippen LogP contribution in [0.15, 0.2) is 66.2 Å². The molecule has 1 fully saturated rings. The Morgan fingerprint density at radius 1 is 1.00 bits per heavy atom. The first-order valence-electron chi connectivity index (χ1n) is 10.8. The summed E-state index contributed by atoms with van der Waals surface area (Å²) in [6.45, 7) is 2.26. The van der Waals surface area contributed by atoms with Crippen LogP contribution < -0.4 is 19.7 Å². The second-order valence-corrected chi connectivity index (χ2v) is 8.43. The zero-order valence-electron chi connectivity index (χ0n) is 18.9. The number of para-hydroxylation sites is 1. The molecule has 4 amide bonds. The van der Waals surface area contributed by atoms with E-state index in [1.165, 1.54) is 30.3 Å². The molecule has 184 valence electrons. The van der Waals surface area contributed by atoms with Gasteiger partial charge in [0.25, 0.3) is 11.8 Å². The van der Waals surface area contributed by atoms with Crippen LogP contribution in [0.5, 0.6) is 11.5 Å². The fourth-order valence-corrected chi connectivity index (χ4v) is 3.89. The van der Waals surface area contributed by atoms with Gasteiger partial charge in [0, 0.05) is 5.02 Å². The van der Waals surface area contributed by atoms with Crippen molar-refractivity contribution < 1.29 is 28.2 Å². The van der Waals surface area contributed by atoms with Gasteiger partial charge < -0.3 is 9.47 Å². The first-order chi connectivity index (χ1) is 17.3. The van der Waals surface area contributed by atoms with Gasteiger partial charge in [-0.25, -0.2) is 14.1 Å². The van der Waals surface area contributed by atoms with E-state index in [9.17, 15) is 18.8 Å². The van der Waals surface area contributed by atoms with Crippen molar-refractivity contribution in [2.75, 3.05) is 11.5 Å². The van der Waals surface area contributed by atoms with E-state index < -0.39 is 23.7 Å². The third-order valence-electron chi connectivity index (χ3n) is 5.13. The van der Waals surface area contributed by atoms with Crippen molar-refractivity contribution in [1.29, 1.82) is 0 Å². The molecule has 1 aliphatic heterocycles. The molecule has 7 nitrogen and oxygen atoms in total. The van der Waals surface area contributed by atoms with Gasteiger partial charge >= 0.3 is 6.03 Å². The molecule has 1 aliphatic rings. The van der Waals surface area contributed by atoms with Crippen molar-refractivity contribution in [2.24, 2.45) is 0 Å². The Labute approximate surface area is 216 Å². The van der Waals surface area contributed by atoms with Crippen LogP contribution in [0.1, 0.15) is 18.1 Å². The fraction of sp³-hybridized carbons (Fsp3) is 0.115. The van der Waals surface area contributed by atoms with Crippen molar-refractivity contribution in [3.63, 3.8) is 0 Å². The minimum atomic E-state index is -1.05. The third-order valence-corrected chi connectivity index (χ3v) is 5.67. The van der Waals surface area contributed by atoms with Crippen LogP contribution in [0.4, 0.5) is 14.9 Å². The highest BCUT2D eigenvalue weighted by Gasteiger charge is 2.38. The van der Waals surface area contributed by atoms with E-state index in [4.69, 9.17) is 32.7 Å². The Kier molecular flexibility index (Phi) is 7.57. The minimum Gasteiger partial charge on any atom is -0.490 e. The van der Waals surface area contributed by atoms with Crippen molar-refractivity contribution in [3.8, 4) is 11.5 Å². The van der Waals surface area contributed by atoms with Gasteiger partial charge in [-0.1, -0.05) is 47.5 Å². The number of hydrogen-bond donors (Lipinski definition) is 1. The van der Waals surface area contributed by atoms with Crippen LogP contribution in [0, 0.1) is 5.82 Å². The molecule has 3 aromatic carbocycles. The summed E-state index contributed by atoms with van der Waals surface area (Å²) >= 11 is 12.4. The van der Waals surface area contributed by atoms with Gasteiger partial charge in [-0.15, -0.1) is 0 Å². The van der Waals surface area contributed by atoms with Crippen LogP contribution in [0.25, 0.3) is 6.08 Å². The summed E-state index contributed by atoms with van der Waals surface area (Å²) in [7, 11) is 0. The predicted octanol–water partition coefficient (Wildman–Crippen LogP) is 5.78. The van der Waals surface area contributed by atoms with E-state index >= 15 is 0 Å². The van der Waals surface area contributed by atoms with Gasteiger partial charge in [0.05, 0.1) is 17.3 Å². The summed E-state index contributed by atoms with van der Waals surface area (Å²) in [6.07, 6.45) is 1.25. The van der Waals surface area contributed by atoms with Gasteiger partial charge in [0.1, 0.15) is 18.0 Å². The van der Waals surface area contributed by atoms with E-state index in [0.717, 1.165) is 11.6 Å². The molecule has 0 spiro atoms. The van der Waals surface area contributed by atoms with Gasteiger partial charge in [-0.2, -0.15) is 0 Å². The molecular weight excluding hydrogens is 510 g/mol. The number of benzene rings is 3. The van der Waals surface area contributed by atoms with Crippen LogP contribution in [-0.2, 0) is 16.2 Å². The number of amides is 4. The molecule has 1 saturated heterocycles. The van der Waals surface area contributed by atoms with Gasteiger partial charge in [0.15, 0.2) is 11.5 Å². The number of ether oxygens (including phenoxy) is 2. The second kappa shape index (κ2) is 10.8. The van der Waals surface area contributed by atoms with E-state index in [0.29, 0.717) is 22.1 Å². The number of urea groups is 1. The minimum absolute atomic E-state index is 0.174. The lowest BCUT2D eigenvalue weighted by atomic mass is 10.1. The van der Waals surface area contributed by atoms with E-state index in [1.54, 1.807) is 25.1 Å². The molecule has 4 rings (SSSR count). The fourth-order valence-electron chi connectivity index (χ4n) is 3.49. The molecule has 36 heavy (non-hydrogen) atoms. The van der Waals surface area contributed by atoms with Crippen molar-refractivity contribution in [3.05, 3.63) is 93.2 Å².